The summed E-state index contributed by atoms with van der Waals surface area (Å²) < 4.78 is 0.939. The van der Waals surface area contributed by atoms with Crippen molar-refractivity contribution in [1.82, 2.24) is 0 Å². The number of nitrogens with one attached hydrogen (secondary N) is 1. The van der Waals surface area contributed by atoms with Crippen LogP contribution in [-0.2, 0) is 9.59 Å². The van der Waals surface area contributed by atoms with Gasteiger partial charge in [0, 0.05) is 10.2 Å². The Bertz CT molecular complexity index is 678. The standard InChI is InChI=1S/C17H16BrNO3/c18-9-1-3-10(4-2-9)19-15(20)13-11-5-6-12(14(13)16(21)22)17(11)7-8-17/h1-6,11-14H,7-8H2,(H,19,20)(H,21,22)/t11-,12+,13-,14-/m1/s1. The number of halogens is 1. The van der Waals surface area contributed by atoms with Crippen molar-refractivity contribution < 1.29 is 14.7 Å². The maximum atomic E-state index is 12.7. The number of carboxylic acids is 1. The summed E-state index contributed by atoms with van der Waals surface area (Å²) in [7, 11) is 0. The molecule has 114 valence electrons. The molecule has 22 heavy (non-hydrogen) atoms. The quantitative estimate of drug-likeness (QED) is 0.811. The molecule has 5 heteroatoms. The molecule has 2 N–H and O–H groups in total. The van der Waals surface area contributed by atoms with Crippen molar-refractivity contribution in [2.45, 2.75) is 12.8 Å². The number of hydrogen-bond acceptors (Lipinski definition) is 2. The first-order valence-electron chi connectivity index (χ1n) is 7.50. The van der Waals surface area contributed by atoms with E-state index in [9.17, 15) is 14.7 Å². The number of benzene rings is 1. The third-order valence-corrected chi connectivity index (χ3v) is 6.07. The van der Waals surface area contributed by atoms with Gasteiger partial charge in [-0.2, -0.15) is 0 Å². The number of hydrogen-bond donors (Lipinski definition) is 2. The number of amides is 1. The largest absolute Gasteiger partial charge is 0.481 e. The molecule has 3 aliphatic rings. The summed E-state index contributed by atoms with van der Waals surface area (Å²) in [4.78, 5) is 24.4. The SMILES string of the molecule is O=C(Nc1ccc(Br)cc1)[C@H]1[C@H](C(=O)O)[C@@H]2C=C[C@H]1C21CC1. The molecule has 0 unspecified atom stereocenters. The smallest absolute Gasteiger partial charge is 0.307 e. The first-order chi connectivity index (χ1) is 10.5. The Kier molecular flexibility index (Phi) is 2.98. The van der Waals surface area contributed by atoms with Crippen LogP contribution in [0.3, 0.4) is 0 Å². The Morgan fingerprint density at radius 3 is 2.23 bits per heavy atom. The summed E-state index contributed by atoms with van der Waals surface area (Å²) in [6.45, 7) is 0. The molecule has 4 rings (SSSR count). The van der Waals surface area contributed by atoms with Crippen LogP contribution in [0.15, 0.2) is 40.9 Å². The first-order valence-corrected chi connectivity index (χ1v) is 8.30. The minimum Gasteiger partial charge on any atom is -0.481 e. The number of rotatable bonds is 3. The molecular formula is C17H16BrNO3. The van der Waals surface area contributed by atoms with E-state index < -0.39 is 17.8 Å². The highest BCUT2D eigenvalue weighted by molar-refractivity contribution is 9.10. The summed E-state index contributed by atoms with van der Waals surface area (Å²) in [5.74, 6) is -1.96. The fraction of sp³-hybridized carbons (Fsp3) is 0.412. The van der Waals surface area contributed by atoms with Crippen LogP contribution in [0, 0.1) is 29.1 Å². The highest BCUT2D eigenvalue weighted by Gasteiger charge is 2.70. The monoisotopic (exact) mass is 361 g/mol. The molecule has 3 aliphatic carbocycles. The summed E-state index contributed by atoms with van der Waals surface area (Å²) in [5, 5.41) is 12.5. The first kappa shape index (κ1) is 14.0. The van der Waals surface area contributed by atoms with Gasteiger partial charge in [-0.3, -0.25) is 9.59 Å². The van der Waals surface area contributed by atoms with E-state index in [1.165, 1.54) is 0 Å². The van der Waals surface area contributed by atoms with Gasteiger partial charge in [-0.05, 0) is 54.4 Å². The zero-order chi connectivity index (χ0) is 15.5. The highest BCUT2D eigenvalue weighted by Crippen LogP contribution is 2.72. The second-order valence-electron chi connectivity index (χ2n) is 6.56. The van der Waals surface area contributed by atoms with Gasteiger partial charge >= 0.3 is 5.97 Å². The molecule has 0 heterocycles. The van der Waals surface area contributed by atoms with Crippen LogP contribution in [0.1, 0.15) is 12.8 Å². The lowest BCUT2D eigenvalue weighted by atomic mass is 9.82. The topological polar surface area (TPSA) is 66.4 Å². The molecular weight excluding hydrogens is 346 g/mol. The van der Waals surface area contributed by atoms with E-state index in [1.807, 2.05) is 30.3 Å². The fourth-order valence-electron chi connectivity index (χ4n) is 4.45. The van der Waals surface area contributed by atoms with Gasteiger partial charge in [0.1, 0.15) is 0 Å². The van der Waals surface area contributed by atoms with E-state index in [0.717, 1.165) is 17.3 Å². The van der Waals surface area contributed by atoms with E-state index in [4.69, 9.17) is 0 Å². The number of aliphatic carboxylic acids is 1. The Morgan fingerprint density at radius 2 is 1.68 bits per heavy atom. The Morgan fingerprint density at radius 1 is 1.09 bits per heavy atom. The van der Waals surface area contributed by atoms with Crippen LogP contribution in [-0.4, -0.2) is 17.0 Å². The van der Waals surface area contributed by atoms with E-state index in [-0.39, 0.29) is 23.2 Å². The highest BCUT2D eigenvalue weighted by atomic mass is 79.9. The molecule has 2 saturated carbocycles. The van der Waals surface area contributed by atoms with Crippen LogP contribution >= 0.6 is 15.9 Å². The lowest BCUT2D eigenvalue weighted by Gasteiger charge is -2.23. The Hall–Kier alpha value is -1.62. The zero-order valence-electron chi connectivity index (χ0n) is 11.8. The van der Waals surface area contributed by atoms with Crippen molar-refractivity contribution in [3.8, 4) is 0 Å². The van der Waals surface area contributed by atoms with Crippen LogP contribution in [0.2, 0.25) is 0 Å². The van der Waals surface area contributed by atoms with Crippen LogP contribution in [0.5, 0.6) is 0 Å². The van der Waals surface area contributed by atoms with Gasteiger partial charge in [0.25, 0.3) is 0 Å². The third kappa shape index (κ3) is 1.88. The van der Waals surface area contributed by atoms with Crippen molar-refractivity contribution in [2.24, 2.45) is 29.1 Å². The molecule has 1 aromatic rings. The molecule has 1 spiro atoms. The van der Waals surface area contributed by atoms with Crippen molar-refractivity contribution in [2.75, 3.05) is 5.32 Å². The molecule has 0 radical (unpaired) electrons. The van der Waals surface area contributed by atoms with Crippen LogP contribution in [0.4, 0.5) is 5.69 Å². The second-order valence-corrected chi connectivity index (χ2v) is 7.47. The van der Waals surface area contributed by atoms with Crippen molar-refractivity contribution >= 4 is 33.5 Å². The number of carbonyl (C=O) groups excluding carboxylic acids is 1. The molecule has 2 fully saturated rings. The molecule has 1 aromatic carbocycles. The number of carboxylic acid groups (broad SMARTS) is 1. The van der Waals surface area contributed by atoms with Gasteiger partial charge in [0.2, 0.25) is 5.91 Å². The molecule has 2 bridgehead atoms. The van der Waals surface area contributed by atoms with E-state index in [2.05, 4.69) is 27.3 Å². The molecule has 0 aromatic heterocycles. The minimum absolute atomic E-state index is 0.0238. The van der Waals surface area contributed by atoms with Crippen molar-refractivity contribution in [3.63, 3.8) is 0 Å². The maximum Gasteiger partial charge on any atom is 0.307 e. The number of carbonyl (C=O) groups is 2. The van der Waals surface area contributed by atoms with E-state index in [0.29, 0.717) is 5.69 Å². The third-order valence-electron chi connectivity index (χ3n) is 5.54. The van der Waals surface area contributed by atoms with Crippen LogP contribution in [0.25, 0.3) is 0 Å². The van der Waals surface area contributed by atoms with Crippen LogP contribution < -0.4 is 5.32 Å². The normalized spacial score (nSPS) is 33.1. The number of anilines is 1. The molecule has 0 aliphatic heterocycles. The number of allylic oxidation sites excluding steroid dienone is 2. The minimum atomic E-state index is -0.848. The Labute approximate surface area is 136 Å². The molecule has 4 atom stereocenters. The molecule has 4 nitrogen and oxygen atoms in total. The lowest BCUT2D eigenvalue weighted by Crippen LogP contribution is -2.36. The van der Waals surface area contributed by atoms with Crippen molar-refractivity contribution in [1.29, 1.82) is 0 Å². The van der Waals surface area contributed by atoms with E-state index in [1.54, 1.807) is 0 Å². The lowest BCUT2D eigenvalue weighted by molar-refractivity contribution is -0.146. The average molecular weight is 362 g/mol. The fourth-order valence-corrected chi connectivity index (χ4v) is 4.71. The second kappa shape index (κ2) is 4.69. The predicted octanol–water partition coefficient (Wildman–Crippen LogP) is 3.30. The summed E-state index contributed by atoms with van der Waals surface area (Å²) >= 11 is 3.36. The maximum absolute atomic E-state index is 12.7. The predicted molar refractivity (Wildman–Crippen MR) is 85.2 cm³/mol. The Balaban J connectivity index is 1.60. The van der Waals surface area contributed by atoms with Crippen molar-refractivity contribution in [3.05, 3.63) is 40.9 Å². The van der Waals surface area contributed by atoms with Gasteiger partial charge in [0.15, 0.2) is 0 Å². The summed E-state index contributed by atoms with van der Waals surface area (Å²) in [6.07, 6.45) is 6.19. The van der Waals surface area contributed by atoms with Gasteiger partial charge < -0.3 is 10.4 Å². The van der Waals surface area contributed by atoms with Gasteiger partial charge in [0.05, 0.1) is 11.8 Å². The average Bonchev–Trinajstić information content (AvgIpc) is 3.15. The van der Waals surface area contributed by atoms with Gasteiger partial charge in [-0.15, -0.1) is 0 Å². The van der Waals surface area contributed by atoms with Gasteiger partial charge in [-0.1, -0.05) is 28.1 Å². The van der Waals surface area contributed by atoms with Gasteiger partial charge in [-0.25, -0.2) is 0 Å². The zero-order valence-corrected chi connectivity index (χ0v) is 13.4. The molecule has 1 amide bonds. The molecule has 0 saturated heterocycles. The van der Waals surface area contributed by atoms with E-state index >= 15 is 0 Å². The summed E-state index contributed by atoms with van der Waals surface area (Å²) in [6, 6.07) is 7.34. The summed E-state index contributed by atoms with van der Waals surface area (Å²) in [5.41, 5.74) is 0.763.